The average Bonchev–Trinajstić information content (AvgIpc) is 2.91. The van der Waals surface area contributed by atoms with Crippen LogP contribution in [-0.2, 0) is 26.2 Å². The first-order valence-corrected chi connectivity index (χ1v) is 14.1. The highest BCUT2D eigenvalue weighted by Gasteiger charge is 2.32. The zero-order valence-corrected chi connectivity index (χ0v) is 23.0. The van der Waals surface area contributed by atoms with E-state index in [0.717, 1.165) is 47.0 Å². The van der Waals surface area contributed by atoms with Gasteiger partial charge in [-0.2, -0.15) is 0 Å². The lowest BCUT2D eigenvalue weighted by atomic mass is 10.1. The number of carbonyl (C=O) groups excluding carboxylic acids is 2. The molecule has 0 aromatic heterocycles. The van der Waals surface area contributed by atoms with Crippen LogP contribution in [0.3, 0.4) is 0 Å². The largest absolute Gasteiger partial charge is 0.354 e. The van der Waals surface area contributed by atoms with Crippen molar-refractivity contribution < 1.29 is 26.8 Å². The summed E-state index contributed by atoms with van der Waals surface area (Å²) in [5.74, 6) is -2.07. The summed E-state index contributed by atoms with van der Waals surface area (Å²) in [6.07, 6.45) is 1.64. The number of carbonyl (C=O) groups is 2. The Morgan fingerprint density at radius 2 is 1.46 bits per heavy atom. The first-order chi connectivity index (χ1) is 18.5. The zero-order chi connectivity index (χ0) is 28.6. The summed E-state index contributed by atoms with van der Waals surface area (Å²) in [7, 11) is -4.29. The average molecular weight is 558 g/mol. The van der Waals surface area contributed by atoms with Gasteiger partial charge in [-0.3, -0.25) is 13.9 Å². The van der Waals surface area contributed by atoms with E-state index in [1.165, 1.54) is 29.2 Å². The maximum Gasteiger partial charge on any atom is 0.264 e. The van der Waals surface area contributed by atoms with Gasteiger partial charge in [-0.25, -0.2) is 17.2 Å². The van der Waals surface area contributed by atoms with Gasteiger partial charge in [0.1, 0.15) is 24.2 Å². The van der Waals surface area contributed by atoms with Crippen molar-refractivity contribution >= 4 is 27.5 Å². The molecule has 7 nitrogen and oxygen atoms in total. The summed E-state index contributed by atoms with van der Waals surface area (Å²) in [6, 6.07) is 15.5. The third-order valence-electron chi connectivity index (χ3n) is 6.27. The molecule has 0 saturated carbocycles. The van der Waals surface area contributed by atoms with E-state index in [1.54, 1.807) is 31.2 Å². The summed E-state index contributed by atoms with van der Waals surface area (Å²) in [5.41, 5.74) is 1.70. The van der Waals surface area contributed by atoms with Crippen molar-refractivity contribution in [3.63, 3.8) is 0 Å². The van der Waals surface area contributed by atoms with Crippen LogP contribution in [0.4, 0.5) is 14.5 Å². The number of amides is 2. The predicted molar refractivity (Wildman–Crippen MR) is 146 cm³/mol. The van der Waals surface area contributed by atoms with E-state index in [9.17, 15) is 26.8 Å². The van der Waals surface area contributed by atoms with Crippen LogP contribution in [0, 0.1) is 18.6 Å². The number of nitrogens with zero attached hydrogens (tertiary/aromatic N) is 2. The molecule has 0 saturated heterocycles. The van der Waals surface area contributed by atoms with Crippen LogP contribution < -0.4 is 9.62 Å². The number of rotatable bonds is 12. The van der Waals surface area contributed by atoms with Crippen molar-refractivity contribution in [1.29, 1.82) is 0 Å². The van der Waals surface area contributed by atoms with Crippen LogP contribution in [-0.4, -0.2) is 44.3 Å². The molecule has 0 aliphatic carbocycles. The second-order valence-corrected chi connectivity index (χ2v) is 11.1. The van der Waals surface area contributed by atoms with Crippen molar-refractivity contribution in [3.05, 3.63) is 95.6 Å². The molecule has 0 bridgehead atoms. The topological polar surface area (TPSA) is 86.8 Å². The molecule has 39 heavy (non-hydrogen) atoms. The molecule has 3 aromatic rings. The predicted octanol–water partition coefficient (Wildman–Crippen LogP) is 4.80. The van der Waals surface area contributed by atoms with Crippen LogP contribution in [0.25, 0.3) is 0 Å². The molecular formula is C29H33F2N3O4S. The molecule has 3 rings (SSSR count). The van der Waals surface area contributed by atoms with Gasteiger partial charge in [0.05, 0.1) is 10.6 Å². The van der Waals surface area contributed by atoms with Crippen molar-refractivity contribution in [1.82, 2.24) is 10.2 Å². The lowest BCUT2D eigenvalue weighted by Crippen LogP contribution is -2.51. The summed E-state index contributed by atoms with van der Waals surface area (Å²) < 4.78 is 55.3. The Hall–Kier alpha value is -3.79. The number of hydrogen-bond acceptors (Lipinski definition) is 4. The van der Waals surface area contributed by atoms with Crippen LogP contribution in [0.2, 0.25) is 0 Å². The maximum absolute atomic E-state index is 13.8. The Kier molecular flexibility index (Phi) is 10.2. The molecule has 1 unspecified atom stereocenters. The molecule has 1 atom stereocenters. The van der Waals surface area contributed by atoms with Crippen LogP contribution in [0.15, 0.2) is 77.7 Å². The second kappa shape index (κ2) is 13.3. The van der Waals surface area contributed by atoms with Gasteiger partial charge in [0.25, 0.3) is 10.0 Å². The third kappa shape index (κ3) is 7.86. The fourth-order valence-corrected chi connectivity index (χ4v) is 5.29. The standard InChI is InChI=1S/C29H33F2N3O4S/c1-4-5-18-32-29(36)22(3)33(19-23-8-10-24(30)11-9-23)28(35)20-34(26-14-6-21(2)7-15-26)39(37,38)27-16-12-25(31)13-17-27/h6-17,22H,4-5,18-20H2,1-3H3,(H,32,36). The number of aryl methyl sites for hydroxylation is 1. The van der Waals surface area contributed by atoms with Gasteiger partial charge < -0.3 is 10.2 Å². The number of hydrogen-bond donors (Lipinski definition) is 1. The molecular weight excluding hydrogens is 524 g/mol. The van der Waals surface area contributed by atoms with E-state index < -0.39 is 40.2 Å². The van der Waals surface area contributed by atoms with Gasteiger partial charge in [0.15, 0.2) is 0 Å². The molecule has 10 heteroatoms. The van der Waals surface area contributed by atoms with Crippen LogP contribution >= 0.6 is 0 Å². The molecule has 2 amide bonds. The summed E-state index contributed by atoms with van der Waals surface area (Å²) in [6.45, 7) is 5.18. The van der Waals surface area contributed by atoms with Gasteiger partial charge >= 0.3 is 0 Å². The van der Waals surface area contributed by atoms with Crippen molar-refractivity contribution in [2.45, 2.75) is 51.1 Å². The Bertz CT molecular complexity index is 1360. The minimum atomic E-state index is -4.29. The molecule has 0 heterocycles. The maximum atomic E-state index is 13.8. The Labute approximate surface area is 228 Å². The summed E-state index contributed by atoms with van der Waals surface area (Å²) in [5, 5.41) is 2.81. The smallest absolute Gasteiger partial charge is 0.264 e. The first kappa shape index (κ1) is 29.8. The highest BCUT2D eigenvalue weighted by molar-refractivity contribution is 7.92. The van der Waals surface area contributed by atoms with E-state index in [0.29, 0.717) is 12.1 Å². The first-order valence-electron chi connectivity index (χ1n) is 12.7. The monoisotopic (exact) mass is 557 g/mol. The number of halogens is 2. The zero-order valence-electron chi connectivity index (χ0n) is 22.2. The van der Waals surface area contributed by atoms with Crippen LogP contribution in [0.1, 0.15) is 37.8 Å². The minimum absolute atomic E-state index is 0.0419. The minimum Gasteiger partial charge on any atom is -0.354 e. The number of anilines is 1. The fraction of sp³-hybridized carbons (Fsp3) is 0.310. The van der Waals surface area contributed by atoms with E-state index in [4.69, 9.17) is 0 Å². The van der Waals surface area contributed by atoms with E-state index in [2.05, 4.69) is 5.32 Å². The lowest BCUT2D eigenvalue weighted by molar-refractivity contribution is -0.139. The van der Waals surface area contributed by atoms with Crippen molar-refractivity contribution in [3.8, 4) is 0 Å². The highest BCUT2D eigenvalue weighted by atomic mass is 32.2. The Balaban J connectivity index is 1.98. The molecule has 3 aromatic carbocycles. The molecule has 0 radical (unpaired) electrons. The highest BCUT2D eigenvalue weighted by Crippen LogP contribution is 2.25. The third-order valence-corrected chi connectivity index (χ3v) is 8.05. The fourth-order valence-electron chi connectivity index (χ4n) is 3.88. The number of benzene rings is 3. The number of sulfonamides is 1. The van der Waals surface area contributed by atoms with E-state index >= 15 is 0 Å². The normalized spacial score (nSPS) is 12.0. The molecule has 208 valence electrons. The van der Waals surface area contributed by atoms with Gasteiger partial charge in [-0.05, 0) is 74.4 Å². The quantitative estimate of drug-likeness (QED) is 0.324. The van der Waals surface area contributed by atoms with E-state index in [-0.39, 0.29) is 23.0 Å². The van der Waals surface area contributed by atoms with Crippen molar-refractivity contribution in [2.24, 2.45) is 0 Å². The van der Waals surface area contributed by atoms with Gasteiger partial charge in [0, 0.05) is 13.1 Å². The van der Waals surface area contributed by atoms with Crippen molar-refractivity contribution in [2.75, 3.05) is 17.4 Å². The molecule has 0 spiro atoms. The van der Waals surface area contributed by atoms with E-state index in [1.807, 2.05) is 13.8 Å². The number of nitrogens with one attached hydrogen (secondary N) is 1. The van der Waals surface area contributed by atoms with Gasteiger partial charge in [-0.15, -0.1) is 0 Å². The number of unbranched alkanes of at least 4 members (excludes halogenated alkanes) is 1. The molecule has 0 aliphatic heterocycles. The Morgan fingerprint density at radius 1 is 0.897 bits per heavy atom. The lowest BCUT2D eigenvalue weighted by Gasteiger charge is -2.32. The summed E-state index contributed by atoms with van der Waals surface area (Å²) >= 11 is 0. The van der Waals surface area contributed by atoms with Gasteiger partial charge in [-0.1, -0.05) is 43.2 Å². The van der Waals surface area contributed by atoms with Crippen LogP contribution in [0.5, 0.6) is 0 Å². The Morgan fingerprint density at radius 3 is 2.03 bits per heavy atom. The molecule has 0 fully saturated rings. The van der Waals surface area contributed by atoms with Gasteiger partial charge in [0.2, 0.25) is 11.8 Å². The second-order valence-electron chi connectivity index (χ2n) is 9.27. The molecule has 1 N–H and O–H groups in total. The summed E-state index contributed by atoms with van der Waals surface area (Å²) in [4.78, 5) is 27.8. The molecule has 0 aliphatic rings. The SMILES string of the molecule is CCCCNC(=O)C(C)N(Cc1ccc(F)cc1)C(=O)CN(c1ccc(C)cc1)S(=O)(=O)c1ccc(F)cc1.